The average Bonchev–Trinajstić information content (AvgIpc) is 2.38. The Morgan fingerprint density at radius 2 is 1.50 bits per heavy atom. The second-order valence-electron chi connectivity index (χ2n) is 4.17. The molecule has 0 fully saturated rings. The number of hydrogen-bond donors (Lipinski definition) is 1. The summed E-state index contributed by atoms with van der Waals surface area (Å²) in [6, 6.07) is 10.4. The molecule has 0 amide bonds. The molecule has 0 aliphatic rings. The van der Waals surface area contributed by atoms with Crippen molar-refractivity contribution in [2.24, 2.45) is 0 Å². The summed E-state index contributed by atoms with van der Waals surface area (Å²) in [4.78, 5) is 0. The average molecular weight is 337 g/mol. The van der Waals surface area contributed by atoms with Crippen LogP contribution in [-0.2, 0) is 5.92 Å². The first-order valence-corrected chi connectivity index (χ1v) is 6.85. The van der Waals surface area contributed by atoms with Crippen molar-refractivity contribution >= 4 is 40.5 Å². The van der Waals surface area contributed by atoms with Crippen molar-refractivity contribution in [3.8, 4) is 0 Å². The maximum absolute atomic E-state index is 14.0. The molecule has 0 aromatic heterocycles. The first-order chi connectivity index (χ1) is 9.40. The molecule has 1 nitrogen and oxygen atoms in total. The zero-order chi connectivity index (χ0) is 14.8. The van der Waals surface area contributed by atoms with Gasteiger partial charge in [0.25, 0.3) is 5.92 Å². The van der Waals surface area contributed by atoms with Gasteiger partial charge in [-0.25, -0.2) is 0 Å². The van der Waals surface area contributed by atoms with Gasteiger partial charge in [0.05, 0.1) is 22.3 Å². The molecule has 106 valence electrons. The molecule has 0 spiro atoms. The van der Waals surface area contributed by atoms with Gasteiger partial charge in [0.2, 0.25) is 0 Å². The lowest BCUT2D eigenvalue weighted by molar-refractivity contribution is 0.0106. The van der Waals surface area contributed by atoms with Gasteiger partial charge in [-0.3, -0.25) is 0 Å². The Labute approximate surface area is 130 Å². The number of anilines is 1. The topological polar surface area (TPSA) is 12.0 Å². The van der Waals surface area contributed by atoms with Gasteiger partial charge >= 0.3 is 0 Å². The molecular weight excluding hydrogens is 327 g/mol. The van der Waals surface area contributed by atoms with E-state index in [4.69, 9.17) is 34.8 Å². The van der Waals surface area contributed by atoms with Gasteiger partial charge in [0, 0.05) is 10.6 Å². The van der Waals surface area contributed by atoms with Crippen LogP contribution < -0.4 is 5.32 Å². The molecule has 2 rings (SSSR count). The number of benzene rings is 2. The van der Waals surface area contributed by atoms with Gasteiger partial charge in [0.1, 0.15) is 0 Å². The molecule has 0 heterocycles. The Bertz CT molecular complexity index is 580. The van der Waals surface area contributed by atoms with E-state index < -0.39 is 12.5 Å². The first kappa shape index (κ1) is 15.4. The monoisotopic (exact) mass is 335 g/mol. The third-order valence-electron chi connectivity index (χ3n) is 2.69. The normalized spacial score (nSPS) is 11.4. The Morgan fingerprint density at radius 3 is 2.05 bits per heavy atom. The summed E-state index contributed by atoms with van der Waals surface area (Å²) < 4.78 is 28.0. The van der Waals surface area contributed by atoms with Crippen molar-refractivity contribution in [1.82, 2.24) is 0 Å². The van der Waals surface area contributed by atoms with Crippen LogP contribution >= 0.6 is 34.8 Å². The minimum Gasteiger partial charge on any atom is -0.376 e. The summed E-state index contributed by atoms with van der Waals surface area (Å²) in [5.41, 5.74) is 0.169. The molecule has 0 saturated heterocycles. The van der Waals surface area contributed by atoms with Crippen molar-refractivity contribution < 1.29 is 8.78 Å². The van der Waals surface area contributed by atoms with Gasteiger partial charge in [-0.15, -0.1) is 0 Å². The summed E-state index contributed by atoms with van der Waals surface area (Å²) in [5.74, 6) is -3.03. The van der Waals surface area contributed by atoms with Crippen LogP contribution in [0.25, 0.3) is 0 Å². The quantitative estimate of drug-likeness (QED) is 0.738. The van der Waals surface area contributed by atoms with Gasteiger partial charge in [-0.1, -0.05) is 65.1 Å². The highest BCUT2D eigenvalue weighted by Gasteiger charge is 2.31. The van der Waals surface area contributed by atoms with Crippen LogP contribution in [0.5, 0.6) is 0 Å². The highest BCUT2D eigenvalue weighted by atomic mass is 35.5. The summed E-state index contributed by atoms with van der Waals surface area (Å²) in [7, 11) is 0. The molecular formula is C14H10Cl3F2N. The lowest BCUT2D eigenvalue weighted by atomic mass is 10.1. The second-order valence-corrected chi connectivity index (χ2v) is 5.42. The van der Waals surface area contributed by atoms with E-state index in [-0.39, 0.29) is 21.3 Å². The van der Waals surface area contributed by atoms with E-state index in [0.717, 1.165) is 0 Å². The molecule has 2 aromatic carbocycles. The van der Waals surface area contributed by atoms with Crippen molar-refractivity contribution in [3.63, 3.8) is 0 Å². The Kier molecular flexibility index (Phi) is 4.74. The first-order valence-electron chi connectivity index (χ1n) is 5.72. The number of hydrogen-bond acceptors (Lipinski definition) is 1. The number of rotatable bonds is 4. The van der Waals surface area contributed by atoms with Crippen LogP contribution in [0.3, 0.4) is 0 Å². The molecule has 6 heteroatoms. The van der Waals surface area contributed by atoms with Crippen LogP contribution in [0.4, 0.5) is 14.5 Å². The van der Waals surface area contributed by atoms with Gasteiger partial charge in [0.15, 0.2) is 0 Å². The van der Waals surface area contributed by atoms with E-state index in [1.54, 1.807) is 18.2 Å². The smallest absolute Gasteiger partial charge is 0.290 e. The Hall–Kier alpha value is -1.03. The van der Waals surface area contributed by atoms with Crippen molar-refractivity contribution in [1.29, 1.82) is 0 Å². The van der Waals surface area contributed by atoms with E-state index in [9.17, 15) is 8.78 Å². The lowest BCUT2D eigenvalue weighted by Gasteiger charge is -2.19. The van der Waals surface area contributed by atoms with Crippen LogP contribution in [0, 0.1) is 0 Å². The fourth-order valence-electron chi connectivity index (χ4n) is 1.69. The highest BCUT2D eigenvalue weighted by molar-refractivity contribution is 6.41. The summed E-state index contributed by atoms with van der Waals surface area (Å²) in [5, 5.41) is 3.32. The maximum atomic E-state index is 14.0. The standard InChI is InChI=1S/C14H10Cl3F2N/c15-10-6-11(16)13(12(17)7-10)20-8-14(18,19)9-4-2-1-3-5-9/h1-7,20H,8H2. The van der Waals surface area contributed by atoms with E-state index in [2.05, 4.69) is 5.32 Å². The molecule has 0 radical (unpaired) electrons. The number of alkyl halides is 2. The molecule has 1 N–H and O–H groups in total. The highest BCUT2D eigenvalue weighted by Crippen LogP contribution is 2.35. The minimum atomic E-state index is -3.03. The molecule has 0 bridgehead atoms. The van der Waals surface area contributed by atoms with E-state index >= 15 is 0 Å². The maximum Gasteiger partial charge on any atom is 0.290 e. The summed E-state index contributed by atoms with van der Waals surface area (Å²) in [6.07, 6.45) is 0. The zero-order valence-electron chi connectivity index (χ0n) is 10.1. The summed E-state index contributed by atoms with van der Waals surface area (Å²) >= 11 is 17.6. The second kappa shape index (κ2) is 6.17. The van der Waals surface area contributed by atoms with Gasteiger partial charge < -0.3 is 5.32 Å². The lowest BCUT2D eigenvalue weighted by Crippen LogP contribution is -2.24. The Balaban J connectivity index is 2.17. The molecule has 0 aliphatic carbocycles. The third kappa shape index (κ3) is 3.54. The fourth-order valence-corrected chi connectivity index (χ4v) is 2.65. The third-order valence-corrected chi connectivity index (χ3v) is 3.50. The molecule has 0 unspecified atom stereocenters. The molecule has 0 aliphatic heterocycles. The number of halogens is 5. The van der Waals surface area contributed by atoms with Crippen molar-refractivity contribution in [2.75, 3.05) is 11.9 Å². The number of nitrogens with one attached hydrogen (secondary N) is 1. The van der Waals surface area contributed by atoms with E-state index in [1.165, 1.54) is 24.3 Å². The zero-order valence-corrected chi connectivity index (χ0v) is 12.4. The molecule has 2 aromatic rings. The SMILES string of the molecule is FC(F)(CNc1c(Cl)cc(Cl)cc1Cl)c1ccccc1. The van der Waals surface area contributed by atoms with Crippen LogP contribution in [0.15, 0.2) is 42.5 Å². The fraction of sp³-hybridized carbons (Fsp3) is 0.143. The molecule has 0 saturated carbocycles. The van der Waals surface area contributed by atoms with Gasteiger partial charge in [-0.2, -0.15) is 8.78 Å². The Morgan fingerprint density at radius 1 is 0.950 bits per heavy atom. The largest absolute Gasteiger partial charge is 0.376 e. The van der Waals surface area contributed by atoms with Gasteiger partial charge in [-0.05, 0) is 12.1 Å². The van der Waals surface area contributed by atoms with Crippen LogP contribution in [0.2, 0.25) is 15.1 Å². The summed E-state index contributed by atoms with van der Waals surface area (Å²) in [6.45, 7) is -0.613. The molecule has 20 heavy (non-hydrogen) atoms. The predicted molar refractivity (Wildman–Crippen MR) is 80.3 cm³/mol. The molecule has 0 atom stereocenters. The van der Waals surface area contributed by atoms with Crippen LogP contribution in [-0.4, -0.2) is 6.54 Å². The van der Waals surface area contributed by atoms with Crippen molar-refractivity contribution in [2.45, 2.75) is 5.92 Å². The van der Waals surface area contributed by atoms with Crippen molar-refractivity contribution in [3.05, 3.63) is 63.1 Å². The van der Waals surface area contributed by atoms with E-state index in [0.29, 0.717) is 5.02 Å². The minimum absolute atomic E-state index is 0.0753. The van der Waals surface area contributed by atoms with Crippen LogP contribution in [0.1, 0.15) is 5.56 Å². The van der Waals surface area contributed by atoms with E-state index in [1.807, 2.05) is 0 Å². The predicted octanol–water partition coefficient (Wildman–Crippen LogP) is 5.85.